The van der Waals surface area contributed by atoms with Gasteiger partial charge in [0.25, 0.3) is 5.88 Å². The number of nitrogens with zero attached hydrogens (tertiary/aromatic N) is 3. The van der Waals surface area contributed by atoms with E-state index in [9.17, 15) is 14.7 Å². The highest BCUT2D eigenvalue weighted by atomic mass is 35.5. The molecule has 0 spiro atoms. The molecule has 34 heavy (non-hydrogen) atoms. The average molecular weight is 482 g/mol. The van der Waals surface area contributed by atoms with E-state index >= 15 is 0 Å². The lowest BCUT2D eigenvalue weighted by Gasteiger charge is -2.51. The maximum absolute atomic E-state index is 13.8. The molecule has 1 atom stereocenters. The van der Waals surface area contributed by atoms with Crippen molar-refractivity contribution >= 4 is 23.4 Å². The number of hydrogen-bond donors (Lipinski definition) is 1. The Morgan fingerprint density at radius 3 is 2.32 bits per heavy atom. The summed E-state index contributed by atoms with van der Waals surface area (Å²) in [6.45, 7) is 6.77. The van der Waals surface area contributed by atoms with Crippen molar-refractivity contribution in [2.45, 2.75) is 52.2 Å². The van der Waals surface area contributed by atoms with Crippen molar-refractivity contribution in [3.8, 4) is 5.88 Å². The number of carbonyl (C=O) groups excluding carboxylic acids is 2. The molecule has 2 amide bonds. The van der Waals surface area contributed by atoms with Gasteiger partial charge in [0.15, 0.2) is 5.76 Å². The summed E-state index contributed by atoms with van der Waals surface area (Å²) >= 11 is 6.01. The first kappa shape index (κ1) is 23.8. The van der Waals surface area contributed by atoms with E-state index in [4.69, 9.17) is 16.1 Å². The van der Waals surface area contributed by atoms with Gasteiger partial charge in [0, 0.05) is 24.2 Å². The highest BCUT2D eigenvalue weighted by Crippen LogP contribution is 2.34. The molecule has 0 aliphatic carbocycles. The van der Waals surface area contributed by atoms with Gasteiger partial charge < -0.3 is 19.4 Å². The van der Waals surface area contributed by atoms with E-state index < -0.39 is 5.54 Å². The molecule has 2 heterocycles. The number of likely N-dealkylation sites (tertiary alicyclic amines) is 1. The maximum atomic E-state index is 13.8. The predicted molar refractivity (Wildman–Crippen MR) is 128 cm³/mol. The third-order valence-corrected chi connectivity index (χ3v) is 6.54. The van der Waals surface area contributed by atoms with Crippen molar-refractivity contribution in [3.05, 3.63) is 81.6 Å². The summed E-state index contributed by atoms with van der Waals surface area (Å²) in [7, 11) is 0. The predicted octanol–water partition coefficient (Wildman–Crippen LogP) is 4.41. The van der Waals surface area contributed by atoms with Gasteiger partial charge in [0.2, 0.25) is 11.8 Å². The van der Waals surface area contributed by atoms with Crippen LogP contribution in [0.1, 0.15) is 41.4 Å². The van der Waals surface area contributed by atoms with Crippen molar-refractivity contribution in [2.24, 2.45) is 0 Å². The van der Waals surface area contributed by atoms with Crippen LogP contribution >= 0.6 is 11.6 Å². The van der Waals surface area contributed by atoms with E-state index in [-0.39, 0.29) is 30.7 Å². The molecule has 178 valence electrons. The molecule has 1 aliphatic heterocycles. The smallest absolute Gasteiger partial charge is 0.251 e. The maximum Gasteiger partial charge on any atom is 0.251 e. The summed E-state index contributed by atoms with van der Waals surface area (Å²) in [6, 6.07) is 14.7. The second kappa shape index (κ2) is 9.50. The zero-order chi connectivity index (χ0) is 24.5. The van der Waals surface area contributed by atoms with Crippen LogP contribution in [0.2, 0.25) is 5.02 Å². The Balaban J connectivity index is 1.54. The number of halogens is 1. The molecule has 1 saturated heterocycles. The molecule has 7 nitrogen and oxygen atoms in total. The van der Waals surface area contributed by atoms with Crippen LogP contribution in [0.25, 0.3) is 0 Å². The molecule has 1 N–H and O–H groups in total. The number of benzene rings is 2. The SMILES string of the molecule is Cc1cc(C)cc(CC(=O)N2CCC2(C)C(=O)N(Cc2ccc(Cl)cc2)Cc2cc(O)no2)c1. The van der Waals surface area contributed by atoms with Gasteiger partial charge in [0.1, 0.15) is 5.54 Å². The lowest BCUT2D eigenvalue weighted by atomic mass is 9.84. The van der Waals surface area contributed by atoms with Gasteiger partial charge in [-0.15, -0.1) is 0 Å². The quantitative estimate of drug-likeness (QED) is 0.540. The lowest BCUT2D eigenvalue weighted by molar-refractivity contribution is -0.164. The van der Waals surface area contributed by atoms with Gasteiger partial charge in [-0.2, -0.15) is 0 Å². The average Bonchev–Trinajstić information content (AvgIpc) is 3.16. The Kier molecular flexibility index (Phi) is 6.66. The summed E-state index contributed by atoms with van der Waals surface area (Å²) in [6.07, 6.45) is 0.821. The van der Waals surface area contributed by atoms with Crippen LogP contribution in [0.5, 0.6) is 5.88 Å². The van der Waals surface area contributed by atoms with Crippen LogP contribution in [0, 0.1) is 13.8 Å². The number of hydrogen-bond acceptors (Lipinski definition) is 5. The summed E-state index contributed by atoms with van der Waals surface area (Å²) < 4.78 is 5.15. The first-order valence-corrected chi connectivity index (χ1v) is 11.6. The monoisotopic (exact) mass is 481 g/mol. The van der Waals surface area contributed by atoms with Crippen LogP contribution in [-0.4, -0.2) is 44.0 Å². The van der Waals surface area contributed by atoms with Crippen molar-refractivity contribution in [2.75, 3.05) is 6.54 Å². The summed E-state index contributed by atoms with van der Waals surface area (Å²) in [4.78, 5) is 30.3. The minimum absolute atomic E-state index is 0.0733. The number of aryl methyl sites for hydroxylation is 2. The van der Waals surface area contributed by atoms with Gasteiger partial charge in [-0.3, -0.25) is 9.59 Å². The Morgan fingerprint density at radius 1 is 1.09 bits per heavy atom. The minimum Gasteiger partial charge on any atom is -0.491 e. The van der Waals surface area contributed by atoms with Crippen LogP contribution in [0.3, 0.4) is 0 Å². The van der Waals surface area contributed by atoms with E-state index in [0.717, 1.165) is 22.3 Å². The second-order valence-electron chi connectivity index (χ2n) is 9.18. The van der Waals surface area contributed by atoms with Crippen molar-refractivity contribution in [1.29, 1.82) is 0 Å². The Morgan fingerprint density at radius 2 is 1.76 bits per heavy atom. The van der Waals surface area contributed by atoms with Crippen LogP contribution in [-0.2, 0) is 29.1 Å². The molecule has 1 unspecified atom stereocenters. The number of aromatic hydroxyl groups is 1. The van der Waals surface area contributed by atoms with Gasteiger partial charge >= 0.3 is 0 Å². The molecule has 2 aromatic carbocycles. The third kappa shape index (κ3) is 5.09. The number of aromatic nitrogens is 1. The van der Waals surface area contributed by atoms with E-state index in [1.165, 1.54) is 6.07 Å². The Bertz CT molecular complexity index is 1190. The Labute approximate surface area is 203 Å². The van der Waals surface area contributed by atoms with Gasteiger partial charge in [-0.25, -0.2) is 0 Å². The first-order valence-electron chi connectivity index (χ1n) is 11.2. The normalized spacial score (nSPS) is 17.4. The molecule has 0 radical (unpaired) electrons. The summed E-state index contributed by atoms with van der Waals surface area (Å²) in [5.41, 5.74) is 3.09. The van der Waals surface area contributed by atoms with E-state index in [1.807, 2.05) is 45.0 Å². The highest BCUT2D eigenvalue weighted by Gasteiger charge is 2.51. The zero-order valence-corrected chi connectivity index (χ0v) is 20.3. The number of amides is 2. The van der Waals surface area contributed by atoms with Gasteiger partial charge in [-0.05, 0) is 55.6 Å². The third-order valence-electron chi connectivity index (χ3n) is 6.28. The van der Waals surface area contributed by atoms with Crippen LogP contribution in [0.4, 0.5) is 0 Å². The van der Waals surface area contributed by atoms with E-state index in [0.29, 0.717) is 30.3 Å². The molecule has 3 aromatic rings. The lowest BCUT2D eigenvalue weighted by Crippen LogP contribution is -2.67. The fourth-order valence-corrected chi connectivity index (χ4v) is 4.66. The van der Waals surface area contributed by atoms with Crippen molar-refractivity contribution < 1.29 is 19.2 Å². The second-order valence-corrected chi connectivity index (χ2v) is 9.62. The fraction of sp³-hybridized carbons (Fsp3) is 0.346. The summed E-state index contributed by atoms with van der Waals surface area (Å²) in [5.74, 6) is -0.140. The van der Waals surface area contributed by atoms with Crippen molar-refractivity contribution in [3.63, 3.8) is 0 Å². The zero-order valence-electron chi connectivity index (χ0n) is 19.5. The minimum atomic E-state index is -0.954. The topological polar surface area (TPSA) is 86.9 Å². The summed E-state index contributed by atoms with van der Waals surface area (Å²) in [5, 5.41) is 13.7. The molecular weight excluding hydrogens is 454 g/mol. The molecule has 8 heteroatoms. The van der Waals surface area contributed by atoms with E-state index in [1.54, 1.807) is 21.9 Å². The molecule has 1 fully saturated rings. The van der Waals surface area contributed by atoms with Crippen LogP contribution < -0.4 is 0 Å². The highest BCUT2D eigenvalue weighted by molar-refractivity contribution is 6.30. The largest absolute Gasteiger partial charge is 0.491 e. The molecule has 1 aliphatic rings. The van der Waals surface area contributed by atoms with Crippen molar-refractivity contribution in [1.82, 2.24) is 15.0 Å². The number of carbonyl (C=O) groups is 2. The van der Waals surface area contributed by atoms with E-state index in [2.05, 4.69) is 11.2 Å². The molecule has 0 saturated carbocycles. The molecule has 4 rings (SSSR count). The number of rotatable bonds is 7. The molecule has 0 bridgehead atoms. The van der Waals surface area contributed by atoms with Gasteiger partial charge in [0.05, 0.1) is 13.0 Å². The molecule has 1 aromatic heterocycles. The molecular formula is C26H28ClN3O4. The Hall–Kier alpha value is -3.32. The fourth-order valence-electron chi connectivity index (χ4n) is 4.54. The standard InChI is InChI=1S/C26H28ClN3O4/c1-17-10-18(2)12-20(11-17)13-24(32)30-9-8-26(30,3)25(33)29(16-22-14-23(31)28-34-22)15-19-4-6-21(27)7-5-19/h4-7,10-12,14H,8-9,13,15-16H2,1-3H3,(H,28,31). The van der Waals surface area contributed by atoms with Crippen LogP contribution in [0.15, 0.2) is 53.1 Å². The first-order chi connectivity index (χ1) is 16.1. The van der Waals surface area contributed by atoms with Gasteiger partial charge in [-0.1, -0.05) is 53.1 Å².